The third kappa shape index (κ3) is 2.75. The van der Waals surface area contributed by atoms with Crippen molar-refractivity contribution in [1.29, 1.82) is 5.26 Å². The number of allylic oxidation sites excluding steroid dienone is 2. The summed E-state index contributed by atoms with van der Waals surface area (Å²) in [5, 5.41) is 8.20. The Kier molecular flexibility index (Phi) is 3.34. The van der Waals surface area contributed by atoms with E-state index < -0.39 is 5.97 Å². The fourth-order valence-electron chi connectivity index (χ4n) is 1.15. The number of hydrogen-bond donors (Lipinski definition) is 0. The van der Waals surface area contributed by atoms with E-state index in [2.05, 4.69) is 0 Å². The van der Waals surface area contributed by atoms with Gasteiger partial charge in [-0.3, -0.25) is 4.79 Å². The second kappa shape index (κ2) is 4.55. The Morgan fingerprint density at radius 1 is 1.67 bits per heavy atom. The van der Waals surface area contributed by atoms with E-state index in [9.17, 15) is 4.79 Å². The second-order valence-electron chi connectivity index (χ2n) is 2.73. The van der Waals surface area contributed by atoms with Crippen LogP contribution in [-0.4, -0.2) is 5.97 Å². The minimum Gasteiger partial charge on any atom is -0.431 e. The van der Waals surface area contributed by atoms with Crippen molar-refractivity contribution in [3.05, 3.63) is 11.8 Å². The lowest BCUT2D eigenvalue weighted by atomic mass is 10.1. The number of nitrogens with zero attached hydrogens (tertiary/aromatic N) is 1. The minimum absolute atomic E-state index is 0.155. The molecule has 0 radical (unpaired) electrons. The summed E-state index contributed by atoms with van der Waals surface area (Å²) in [5.41, 5.74) is 0. The summed E-state index contributed by atoms with van der Waals surface area (Å²) in [6.45, 7) is 0. The van der Waals surface area contributed by atoms with Gasteiger partial charge in [0, 0.05) is 6.42 Å². The molecule has 0 N–H and O–H groups in total. The molecule has 0 saturated carbocycles. The van der Waals surface area contributed by atoms with Gasteiger partial charge >= 0.3 is 5.97 Å². The topological polar surface area (TPSA) is 50.1 Å². The first kappa shape index (κ1) is 8.79. The smallest absolute Gasteiger partial charge is 0.325 e. The summed E-state index contributed by atoms with van der Waals surface area (Å²) in [4.78, 5) is 10.8. The molecule has 3 nitrogen and oxygen atoms in total. The Hall–Kier alpha value is -1.30. The maximum absolute atomic E-state index is 10.8. The van der Waals surface area contributed by atoms with Crippen LogP contribution in [0.3, 0.4) is 0 Å². The SMILES string of the molecule is N#CCC(=O)OC1=CCCCC1. The fraction of sp³-hybridized carbons (Fsp3) is 0.556. The van der Waals surface area contributed by atoms with Crippen molar-refractivity contribution in [3.63, 3.8) is 0 Å². The van der Waals surface area contributed by atoms with Crippen LogP contribution in [0.25, 0.3) is 0 Å². The molecule has 0 aromatic rings. The first-order valence-corrected chi connectivity index (χ1v) is 4.09. The lowest BCUT2D eigenvalue weighted by molar-refractivity contribution is -0.138. The molecule has 0 amide bonds. The number of esters is 1. The van der Waals surface area contributed by atoms with Gasteiger partial charge in [0.1, 0.15) is 12.2 Å². The molecule has 1 aliphatic rings. The van der Waals surface area contributed by atoms with Crippen molar-refractivity contribution in [2.24, 2.45) is 0 Å². The molecular formula is C9H11NO2. The molecule has 0 spiro atoms. The second-order valence-corrected chi connectivity index (χ2v) is 2.73. The van der Waals surface area contributed by atoms with E-state index in [1.165, 1.54) is 6.42 Å². The van der Waals surface area contributed by atoms with Crippen LogP contribution in [0.4, 0.5) is 0 Å². The average molecular weight is 165 g/mol. The highest BCUT2D eigenvalue weighted by Crippen LogP contribution is 2.18. The van der Waals surface area contributed by atoms with Gasteiger partial charge in [-0.2, -0.15) is 5.26 Å². The van der Waals surface area contributed by atoms with Crippen molar-refractivity contribution in [3.8, 4) is 6.07 Å². The number of carbonyl (C=O) groups excluding carboxylic acids is 1. The Morgan fingerprint density at radius 2 is 2.50 bits per heavy atom. The molecule has 3 heteroatoms. The predicted octanol–water partition coefficient (Wildman–Crippen LogP) is 1.90. The Labute approximate surface area is 71.6 Å². The van der Waals surface area contributed by atoms with Gasteiger partial charge in [-0.05, 0) is 25.3 Å². The van der Waals surface area contributed by atoms with Gasteiger partial charge in [0.15, 0.2) is 0 Å². The molecule has 0 atom stereocenters. The molecule has 0 saturated heterocycles. The molecular weight excluding hydrogens is 154 g/mol. The van der Waals surface area contributed by atoms with Gasteiger partial charge in [0.05, 0.1) is 6.07 Å². The van der Waals surface area contributed by atoms with Crippen LogP contribution in [0, 0.1) is 11.3 Å². The van der Waals surface area contributed by atoms with E-state index in [1.807, 2.05) is 6.08 Å². The van der Waals surface area contributed by atoms with Crippen LogP contribution in [-0.2, 0) is 9.53 Å². The van der Waals surface area contributed by atoms with Gasteiger partial charge in [0.25, 0.3) is 0 Å². The third-order valence-electron chi connectivity index (χ3n) is 1.72. The van der Waals surface area contributed by atoms with Crippen LogP contribution in [0.5, 0.6) is 0 Å². The van der Waals surface area contributed by atoms with E-state index >= 15 is 0 Å². The molecule has 0 heterocycles. The van der Waals surface area contributed by atoms with E-state index in [4.69, 9.17) is 10.00 Å². The number of ether oxygens (including phenoxy) is 1. The van der Waals surface area contributed by atoms with Crippen LogP contribution >= 0.6 is 0 Å². The van der Waals surface area contributed by atoms with Crippen molar-refractivity contribution in [2.75, 3.05) is 0 Å². The highest BCUT2D eigenvalue weighted by Gasteiger charge is 2.08. The first-order valence-electron chi connectivity index (χ1n) is 4.09. The third-order valence-corrected chi connectivity index (χ3v) is 1.72. The van der Waals surface area contributed by atoms with Crippen molar-refractivity contribution in [2.45, 2.75) is 32.1 Å². The normalized spacial score (nSPS) is 16.1. The zero-order valence-corrected chi connectivity index (χ0v) is 6.88. The highest BCUT2D eigenvalue weighted by molar-refractivity contribution is 5.72. The number of nitriles is 1. The minimum atomic E-state index is -0.439. The number of hydrogen-bond acceptors (Lipinski definition) is 3. The number of rotatable bonds is 2. The van der Waals surface area contributed by atoms with Crippen LogP contribution in [0.1, 0.15) is 32.1 Å². The molecule has 0 aromatic heterocycles. The van der Waals surface area contributed by atoms with Gasteiger partial charge < -0.3 is 4.74 Å². The molecule has 1 rings (SSSR count). The Bertz CT molecular complexity index is 237. The predicted molar refractivity (Wildman–Crippen MR) is 42.9 cm³/mol. The monoisotopic (exact) mass is 165 g/mol. The van der Waals surface area contributed by atoms with Gasteiger partial charge in [0.2, 0.25) is 0 Å². The molecule has 1 aliphatic carbocycles. The van der Waals surface area contributed by atoms with E-state index in [0.29, 0.717) is 0 Å². The van der Waals surface area contributed by atoms with Crippen LogP contribution < -0.4 is 0 Å². The molecule has 64 valence electrons. The largest absolute Gasteiger partial charge is 0.431 e. The zero-order chi connectivity index (χ0) is 8.81. The zero-order valence-electron chi connectivity index (χ0n) is 6.88. The maximum atomic E-state index is 10.8. The lowest BCUT2D eigenvalue weighted by Crippen LogP contribution is -2.05. The molecule has 0 unspecified atom stereocenters. The van der Waals surface area contributed by atoms with Gasteiger partial charge in [-0.1, -0.05) is 0 Å². The summed E-state index contributed by atoms with van der Waals surface area (Å²) < 4.78 is 4.93. The average Bonchev–Trinajstić information content (AvgIpc) is 2.06. The summed E-state index contributed by atoms with van der Waals surface area (Å²) in [6.07, 6.45) is 5.83. The number of carbonyl (C=O) groups is 1. The summed E-state index contributed by atoms with van der Waals surface area (Å²) in [6, 6.07) is 1.76. The molecule has 0 bridgehead atoms. The molecule has 12 heavy (non-hydrogen) atoms. The van der Waals surface area contributed by atoms with E-state index in [0.717, 1.165) is 25.0 Å². The Morgan fingerprint density at radius 3 is 3.08 bits per heavy atom. The highest BCUT2D eigenvalue weighted by atomic mass is 16.5. The summed E-state index contributed by atoms with van der Waals surface area (Å²) in [7, 11) is 0. The standard InChI is InChI=1S/C9H11NO2/c10-7-6-9(11)12-8-4-2-1-3-5-8/h4H,1-3,5-6H2. The van der Waals surface area contributed by atoms with Crippen molar-refractivity contribution in [1.82, 2.24) is 0 Å². The van der Waals surface area contributed by atoms with Crippen LogP contribution in [0.2, 0.25) is 0 Å². The lowest BCUT2D eigenvalue weighted by Gasteiger charge is -2.11. The van der Waals surface area contributed by atoms with Crippen molar-refractivity contribution >= 4 is 5.97 Å². The molecule has 0 aromatic carbocycles. The Balaban J connectivity index is 2.35. The summed E-state index contributed by atoms with van der Waals surface area (Å²) >= 11 is 0. The fourth-order valence-corrected chi connectivity index (χ4v) is 1.15. The van der Waals surface area contributed by atoms with E-state index in [1.54, 1.807) is 6.07 Å². The van der Waals surface area contributed by atoms with E-state index in [-0.39, 0.29) is 6.42 Å². The molecule has 0 fully saturated rings. The molecule has 0 aliphatic heterocycles. The first-order chi connectivity index (χ1) is 5.83. The van der Waals surface area contributed by atoms with Gasteiger partial charge in [-0.15, -0.1) is 0 Å². The van der Waals surface area contributed by atoms with Crippen molar-refractivity contribution < 1.29 is 9.53 Å². The maximum Gasteiger partial charge on any atom is 0.325 e. The van der Waals surface area contributed by atoms with Crippen LogP contribution in [0.15, 0.2) is 11.8 Å². The van der Waals surface area contributed by atoms with Gasteiger partial charge in [-0.25, -0.2) is 0 Å². The quantitative estimate of drug-likeness (QED) is 0.587. The summed E-state index contributed by atoms with van der Waals surface area (Å²) in [5.74, 6) is 0.298.